The number of rotatable bonds is 3. The van der Waals surface area contributed by atoms with Crippen LogP contribution in [0.1, 0.15) is 47.2 Å². The molecule has 5 rings (SSSR count). The van der Waals surface area contributed by atoms with E-state index in [0.717, 1.165) is 25.2 Å². The summed E-state index contributed by atoms with van der Waals surface area (Å²) >= 11 is 0. The van der Waals surface area contributed by atoms with Crippen molar-refractivity contribution in [1.82, 2.24) is 20.4 Å². The molecule has 4 heterocycles. The van der Waals surface area contributed by atoms with Crippen LogP contribution in [0.15, 0.2) is 18.2 Å². The maximum atomic E-state index is 12.9. The lowest BCUT2D eigenvalue weighted by Crippen LogP contribution is -2.52. The average Bonchev–Trinajstić information content (AvgIpc) is 3.16. The highest BCUT2D eigenvalue weighted by atomic mass is 16.2. The van der Waals surface area contributed by atoms with Gasteiger partial charge < -0.3 is 10.2 Å². The summed E-state index contributed by atoms with van der Waals surface area (Å²) in [5.41, 5.74) is 2.92. The monoisotopic (exact) mass is 368 g/mol. The fourth-order valence-corrected chi connectivity index (χ4v) is 5.06. The van der Waals surface area contributed by atoms with Crippen LogP contribution in [0.5, 0.6) is 0 Å². The second kappa shape index (κ2) is 6.42. The van der Waals surface area contributed by atoms with Crippen LogP contribution < -0.4 is 10.6 Å². The van der Waals surface area contributed by atoms with E-state index >= 15 is 0 Å². The Labute approximate surface area is 158 Å². The number of nitrogens with one attached hydrogen (secondary N) is 2. The van der Waals surface area contributed by atoms with Gasteiger partial charge in [-0.25, -0.2) is 0 Å². The Kier molecular flexibility index (Phi) is 4.02. The van der Waals surface area contributed by atoms with Gasteiger partial charge in [0.2, 0.25) is 11.8 Å². The summed E-state index contributed by atoms with van der Waals surface area (Å²) in [7, 11) is 0. The van der Waals surface area contributed by atoms with E-state index in [1.165, 1.54) is 18.4 Å². The molecule has 2 N–H and O–H groups in total. The number of benzene rings is 1. The third-order valence-electron chi connectivity index (χ3n) is 6.37. The minimum Gasteiger partial charge on any atom is -0.322 e. The van der Waals surface area contributed by atoms with E-state index in [9.17, 15) is 14.4 Å². The molecule has 4 aliphatic heterocycles. The minimum atomic E-state index is -0.550. The molecule has 0 radical (unpaired) electrons. The highest BCUT2D eigenvalue weighted by molar-refractivity contribution is 6.05. The van der Waals surface area contributed by atoms with Crippen LogP contribution in [0.25, 0.3) is 0 Å². The Morgan fingerprint density at radius 1 is 1.04 bits per heavy atom. The molecule has 7 heteroatoms. The summed E-state index contributed by atoms with van der Waals surface area (Å²) in [6.45, 7) is 3.39. The molecule has 0 aliphatic carbocycles. The SMILES string of the molecule is O=C1CCC(N2Cc3c(CN4C[C@H]5CC[C@@H](C4)N5)cccc3C2=O)C(=O)N1. The Balaban J connectivity index is 1.36. The predicted octanol–water partition coefficient (Wildman–Crippen LogP) is 0.384. The topological polar surface area (TPSA) is 81.8 Å². The van der Waals surface area contributed by atoms with Gasteiger partial charge in [0.15, 0.2) is 0 Å². The summed E-state index contributed by atoms with van der Waals surface area (Å²) in [4.78, 5) is 40.7. The number of fused-ring (bicyclic) bond motifs is 3. The van der Waals surface area contributed by atoms with Crippen molar-refractivity contribution in [2.24, 2.45) is 0 Å². The molecule has 0 spiro atoms. The Morgan fingerprint density at radius 2 is 1.81 bits per heavy atom. The molecule has 3 atom stereocenters. The smallest absolute Gasteiger partial charge is 0.255 e. The largest absolute Gasteiger partial charge is 0.322 e. The molecule has 1 aromatic rings. The van der Waals surface area contributed by atoms with E-state index in [-0.39, 0.29) is 24.1 Å². The predicted molar refractivity (Wildman–Crippen MR) is 97.7 cm³/mol. The number of hydrogen-bond acceptors (Lipinski definition) is 5. The Morgan fingerprint density at radius 3 is 2.56 bits per heavy atom. The first kappa shape index (κ1) is 16.9. The molecule has 3 saturated heterocycles. The highest BCUT2D eigenvalue weighted by Gasteiger charge is 2.40. The molecular weight excluding hydrogens is 344 g/mol. The lowest BCUT2D eigenvalue weighted by Gasteiger charge is -2.33. The number of carbonyl (C=O) groups excluding carboxylic acids is 3. The summed E-state index contributed by atoms with van der Waals surface area (Å²) in [5.74, 6) is -0.705. The van der Waals surface area contributed by atoms with Crippen molar-refractivity contribution in [3.8, 4) is 0 Å². The number of piperazine rings is 1. The van der Waals surface area contributed by atoms with Crippen molar-refractivity contribution >= 4 is 17.7 Å². The van der Waals surface area contributed by atoms with Crippen molar-refractivity contribution in [2.45, 2.75) is 56.9 Å². The molecule has 3 fully saturated rings. The average molecular weight is 368 g/mol. The van der Waals surface area contributed by atoms with Crippen molar-refractivity contribution in [3.63, 3.8) is 0 Å². The molecular formula is C20H24N4O3. The quantitative estimate of drug-likeness (QED) is 0.754. The number of amides is 3. The number of nitrogens with zero attached hydrogens (tertiary/aromatic N) is 2. The van der Waals surface area contributed by atoms with Crippen LogP contribution in [-0.2, 0) is 22.7 Å². The molecule has 4 aliphatic rings. The third kappa shape index (κ3) is 2.95. The van der Waals surface area contributed by atoms with E-state index in [1.54, 1.807) is 4.90 Å². The van der Waals surface area contributed by atoms with Crippen LogP contribution in [0, 0.1) is 0 Å². The fourth-order valence-electron chi connectivity index (χ4n) is 5.06. The van der Waals surface area contributed by atoms with Crippen LogP contribution in [0.2, 0.25) is 0 Å². The molecule has 3 amide bonds. The lowest BCUT2D eigenvalue weighted by molar-refractivity contribution is -0.136. The van der Waals surface area contributed by atoms with E-state index in [4.69, 9.17) is 0 Å². The maximum Gasteiger partial charge on any atom is 0.255 e. The van der Waals surface area contributed by atoms with Gasteiger partial charge in [-0.15, -0.1) is 0 Å². The highest BCUT2D eigenvalue weighted by Crippen LogP contribution is 2.31. The van der Waals surface area contributed by atoms with Crippen molar-refractivity contribution in [3.05, 3.63) is 34.9 Å². The van der Waals surface area contributed by atoms with Crippen LogP contribution in [-0.4, -0.2) is 58.7 Å². The van der Waals surface area contributed by atoms with Gasteiger partial charge in [0.1, 0.15) is 6.04 Å². The van der Waals surface area contributed by atoms with E-state index in [1.807, 2.05) is 12.1 Å². The van der Waals surface area contributed by atoms with Gasteiger partial charge in [0.05, 0.1) is 0 Å². The van der Waals surface area contributed by atoms with E-state index < -0.39 is 6.04 Å². The first-order valence-electron chi connectivity index (χ1n) is 9.82. The van der Waals surface area contributed by atoms with Crippen LogP contribution in [0.3, 0.4) is 0 Å². The third-order valence-corrected chi connectivity index (χ3v) is 6.37. The molecule has 142 valence electrons. The van der Waals surface area contributed by atoms with Crippen LogP contribution >= 0.6 is 0 Å². The number of likely N-dealkylation sites (tertiary alicyclic amines) is 1. The zero-order valence-electron chi connectivity index (χ0n) is 15.2. The molecule has 1 unspecified atom stereocenters. The number of imide groups is 1. The first-order chi connectivity index (χ1) is 13.1. The minimum absolute atomic E-state index is 0.0956. The standard InChI is InChI=1S/C20H24N4O3/c25-18-7-6-17(19(26)22-18)24-11-16-12(2-1-3-15(16)20(24)27)8-23-9-13-4-5-14(10-23)21-13/h1-3,13-14,17,21H,4-11H2,(H,22,25,26)/t13-,14+,17?. The van der Waals surface area contributed by atoms with Crippen LogP contribution in [0.4, 0.5) is 0 Å². The van der Waals surface area contributed by atoms with Crippen molar-refractivity contribution in [1.29, 1.82) is 0 Å². The molecule has 7 nitrogen and oxygen atoms in total. The molecule has 27 heavy (non-hydrogen) atoms. The second-order valence-corrected chi connectivity index (χ2v) is 8.18. The normalized spacial score (nSPS) is 30.6. The molecule has 1 aromatic carbocycles. The van der Waals surface area contributed by atoms with Crippen molar-refractivity contribution < 1.29 is 14.4 Å². The zero-order valence-corrected chi connectivity index (χ0v) is 15.2. The number of piperidine rings is 1. The zero-order chi connectivity index (χ0) is 18.5. The lowest BCUT2D eigenvalue weighted by atomic mass is 10.0. The van der Waals surface area contributed by atoms with Gasteiger partial charge in [-0.2, -0.15) is 0 Å². The number of carbonyl (C=O) groups is 3. The van der Waals surface area contributed by atoms with Gasteiger partial charge in [0.25, 0.3) is 5.91 Å². The van der Waals surface area contributed by atoms with Gasteiger partial charge >= 0.3 is 0 Å². The fraction of sp³-hybridized carbons (Fsp3) is 0.550. The second-order valence-electron chi connectivity index (χ2n) is 8.18. The van der Waals surface area contributed by atoms with Crippen molar-refractivity contribution in [2.75, 3.05) is 13.1 Å². The van der Waals surface area contributed by atoms with Gasteiger partial charge in [-0.05, 0) is 36.5 Å². The maximum absolute atomic E-state index is 12.9. The van der Waals surface area contributed by atoms with E-state index in [0.29, 0.717) is 30.6 Å². The van der Waals surface area contributed by atoms with Gasteiger partial charge in [-0.3, -0.25) is 24.6 Å². The summed E-state index contributed by atoms with van der Waals surface area (Å²) in [5, 5.41) is 6.01. The number of hydrogen-bond donors (Lipinski definition) is 2. The summed E-state index contributed by atoms with van der Waals surface area (Å²) in [6, 6.07) is 6.52. The molecule has 0 aromatic heterocycles. The molecule has 0 saturated carbocycles. The van der Waals surface area contributed by atoms with E-state index in [2.05, 4.69) is 21.6 Å². The summed E-state index contributed by atoms with van der Waals surface area (Å²) in [6.07, 6.45) is 3.18. The first-order valence-corrected chi connectivity index (χ1v) is 9.82. The Bertz CT molecular complexity index is 811. The van der Waals surface area contributed by atoms with Gasteiger partial charge in [-0.1, -0.05) is 12.1 Å². The summed E-state index contributed by atoms with van der Waals surface area (Å²) < 4.78 is 0. The Hall–Kier alpha value is -2.25. The molecule has 2 bridgehead atoms. The van der Waals surface area contributed by atoms with Gasteiger partial charge in [0, 0.05) is 50.2 Å².